The van der Waals surface area contributed by atoms with Crippen molar-refractivity contribution in [3.63, 3.8) is 0 Å². The predicted molar refractivity (Wildman–Crippen MR) is 88.6 cm³/mol. The number of likely N-dealkylation sites (tertiary alicyclic amines) is 1. The molecule has 3 heterocycles. The van der Waals surface area contributed by atoms with E-state index in [0.29, 0.717) is 16.8 Å². The lowest BCUT2D eigenvalue weighted by Gasteiger charge is -2.23. The zero-order valence-corrected chi connectivity index (χ0v) is 13.9. The Balaban J connectivity index is 1.88. The molecule has 3 rings (SSSR count). The number of carbonyl (C=O) groups is 1. The van der Waals surface area contributed by atoms with Crippen LogP contribution in [0.15, 0.2) is 18.7 Å². The fraction of sp³-hybridized carbons (Fsp3) is 0.400. The highest BCUT2D eigenvalue weighted by atomic mass is 32.1. The van der Waals surface area contributed by atoms with E-state index in [1.165, 1.54) is 17.4 Å². The Kier molecular flexibility index (Phi) is 4.33. The van der Waals surface area contributed by atoms with E-state index in [0.717, 1.165) is 30.1 Å². The van der Waals surface area contributed by atoms with Crippen molar-refractivity contribution in [1.82, 2.24) is 25.1 Å². The third-order valence-corrected chi connectivity index (χ3v) is 4.42. The van der Waals surface area contributed by atoms with Gasteiger partial charge in [-0.3, -0.25) is 4.79 Å². The van der Waals surface area contributed by atoms with E-state index in [1.807, 2.05) is 24.8 Å². The number of aromatic nitrogens is 4. The molecule has 0 unspecified atom stereocenters. The minimum absolute atomic E-state index is 0.0288. The second kappa shape index (κ2) is 6.41. The second-order valence-corrected chi connectivity index (χ2v) is 6.55. The van der Waals surface area contributed by atoms with Gasteiger partial charge in [-0.25, -0.2) is 9.97 Å². The minimum atomic E-state index is -0.0574. The summed E-state index contributed by atoms with van der Waals surface area (Å²) in [6, 6.07) is 1.85. The lowest BCUT2D eigenvalue weighted by molar-refractivity contribution is -0.126. The molecule has 1 amide bonds. The summed E-state index contributed by atoms with van der Waals surface area (Å²) in [4.78, 5) is 22.7. The number of anilines is 2. The van der Waals surface area contributed by atoms with Gasteiger partial charge in [-0.05, 0) is 32.8 Å². The van der Waals surface area contributed by atoms with Gasteiger partial charge in [-0.15, -0.1) is 10.2 Å². The number of nitrogens with zero attached hydrogens (tertiary/aromatic N) is 5. The van der Waals surface area contributed by atoms with E-state index < -0.39 is 0 Å². The second-order valence-electron chi connectivity index (χ2n) is 5.37. The lowest BCUT2D eigenvalue weighted by atomic mass is 10.1. The summed E-state index contributed by atoms with van der Waals surface area (Å²) >= 11 is 1.46. The van der Waals surface area contributed by atoms with E-state index >= 15 is 0 Å². The average molecular weight is 330 g/mol. The van der Waals surface area contributed by atoms with Crippen LogP contribution in [0.2, 0.25) is 0 Å². The molecule has 0 aromatic carbocycles. The summed E-state index contributed by atoms with van der Waals surface area (Å²) in [5, 5.41) is 12.8. The highest BCUT2D eigenvalue weighted by Gasteiger charge is 2.30. The predicted octanol–water partition coefficient (Wildman–Crippen LogP) is 2.54. The molecule has 120 valence electrons. The Morgan fingerprint density at radius 3 is 2.96 bits per heavy atom. The highest BCUT2D eigenvalue weighted by molar-refractivity contribution is 7.15. The molecule has 0 spiro atoms. The van der Waals surface area contributed by atoms with Crippen molar-refractivity contribution in [1.29, 1.82) is 0 Å². The van der Waals surface area contributed by atoms with Crippen molar-refractivity contribution in [2.75, 3.05) is 11.9 Å². The van der Waals surface area contributed by atoms with Crippen molar-refractivity contribution in [3.05, 3.63) is 35.2 Å². The third-order valence-electron chi connectivity index (χ3n) is 3.67. The van der Waals surface area contributed by atoms with Gasteiger partial charge in [0.15, 0.2) is 0 Å². The molecular weight excluding hydrogens is 312 g/mol. The molecule has 23 heavy (non-hydrogen) atoms. The number of hydrogen-bond donors (Lipinski definition) is 1. The van der Waals surface area contributed by atoms with Crippen LogP contribution in [0.4, 0.5) is 10.9 Å². The van der Waals surface area contributed by atoms with Crippen LogP contribution in [0.5, 0.6) is 0 Å². The van der Waals surface area contributed by atoms with Crippen LogP contribution in [0, 0.1) is 13.8 Å². The van der Waals surface area contributed by atoms with Crippen molar-refractivity contribution >= 4 is 28.2 Å². The standard InChI is InChI=1S/C15H18N6OS/c1-4-14(22)21-7-5-6-12(21)11-8-13(17-9(2)16-11)18-15-20-19-10(3)23-15/h4,8,12H,1,5-7H2,2-3H3,(H,16,17,18,20)/t12-/m0/s1. The minimum Gasteiger partial charge on any atom is -0.331 e. The lowest BCUT2D eigenvalue weighted by Crippen LogP contribution is -2.29. The monoisotopic (exact) mass is 330 g/mol. The first-order valence-corrected chi connectivity index (χ1v) is 8.24. The fourth-order valence-corrected chi connectivity index (χ4v) is 3.34. The molecule has 1 saturated heterocycles. The first-order chi connectivity index (χ1) is 11.1. The van der Waals surface area contributed by atoms with Gasteiger partial charge in [-0.2, -0.15) is 0 Å². The Labute approximate surface area is 138 Å². The zero-order valence-electron chi connectivity index (χ0n) is 13.1. The van der Waals surface area contributed by atoms with Crippen molar-refractivity contribution in [2.24, 2.45) is 0 Å². The Hall–Kier alpha value is -2.35. The van der Waals surface area contributed by atoms with Gasteiger partial charge in [0.05, 0.1) is 11.7 Å². The van der Waals surface area contributed by atoms with E-state index in [4.69, 9.17) is 0 Å². The smallest absolute Gasteiger partial charge is 0.246 e. The van der Waals surface area contributed by atoms with Crippen LogP contribution >= 0.6 is 11.3 Å². The molecule has 1 atom stereocenters. The van der Waals surface area contributed by atoms with E-state index in [1.54, 1.807) is 0 Å². The van der Waals surface area contributed by atoms with E-state index in [-0.39, 0.29) is 11.9 Å². The molecule has 1 fully saturated rings. The molecule has 1 N–H and O–H groups in total. The highest BCUT2D eigenvalue weighted by Crippen LogP contribution is 2.32. The topological polar surface area (TPSA) is 83.9 Å². The van der Waals surface area contributed by atoms with Gasteiger partial charge >= 0.3 is 0 Å². The summed E-state index contributed by atoms with van der Waals surface area (Å²) in [5.41, 5.74) is 0.842. The number of hydrogen-bond acceptors (Lipinski definition) is 7. The summed E-state index contributed by atoms with van der Waals surface area (Å²) in [7, 11) is 0. The van der Waals surface area contributed by atoms with Gasteiger partial charge in [0, 0.05) is 12.6 Å². The number of aryl methyl sites for hydroxylation is 2. The molecule has 2 aromatic heterocycles. The average Bonchev–Trinajstić information content (AvgIpc) is 3.15. The van der Waals surface area contributed by atoms with Crippen molar-refractivity contribution in [3.8, 4) is 0 Å². The molecule has 2 aromatic rings. The van der Waals surface area contributed by atoms with Gasteiger partial charge in [-0.1, -0.05) is 17.9 Å². The maximum atomic E-state index is 12.0. The molecule has 0 aliphatic carbocycles. The Bertz CT molecular complexity index is 743. The van der Waals surface area contributed by atoms with Crippen LogP contribution in [-0.4, -0.2) is 37.5 Å². The summed E-state index contributed by atoms with van der Waals surface area (Å²) < 4.78 is 0. The Morgan fingerprint density at radius 2 is 2.26 bits per heavy atom. The summed E-state index contributed by atoms with van der Waals surface area (Å²) in [6.07, 6.45) is 3.22. The van der Waals surface area contributed by atoms with Crippen LogP contribution in [0.3, 0.4) is 0 Å². The summed E-state index contributed by atoms with van der Waals surface area (Å²) in [6.45, 7) is 8.05. The molecule has 8 heteroatoms. The molecule has 0 radical (unpaired) electrons. The molecule has 0 bridgehead atoms. The van der Waals surface area contributed by atoms with Crippen LogP contribution in [0.25, 0.3) is 0 Å². The largest absolute Gasteiger partial charge is 0.331 e. The van der Waals surface area contributed by atoms with Crippen LogP contribution in [-0.2, 0) is 4.79 Å². The van der Waals surface area contributed by atoms with Gasteiger partial charge in [0.25, 0.3) is 0 Å². The van der Waals surface area contributed by atoms with Crippen molar-refractivity contribution < 1.29 is 4.79 Å². The number of rotatable bonds is 4. The van der Waals surface area contributed by atoms with Gasteiger partial charge in [0.1, 0.15) is 16.6 Å². The molecule has 1 aliphatic rings. The van der Waals surface area contributed by atoms with Gasteiger partial charge < -0.3 is 10.2 Å². The Morgan fingerprint density at radius 1 is 1.43 bits per heavy atom. The molecule has 0 saturated carbocycles. The summed E-state index contributed by atoms with van der Waals surface area (Å²) in [5.74, 6) is 1.27. The quantitative estimate of drug-likeness (QED) is 0.867. The third kappa shape index (κ3) is 3.37. The number of nitrogens with one attached hydrogen (secondary N) is 1. The normalized spacial score (nSPS) is 17.3. The van der Waals surface area contributed by atoms with E-state index in [9.17, 15) is 4.79 Å². The fourth-order valence-electron chi connectivity index (χ4n) is 2.74. The van der Waals surface area contributed by atoms with Crippen molar-refractivity contribution in [2.45, 2.75) is 32.7 Å². The first-order valence-electron chi connectivity index (χ1n) is 7.42. The number of carbonyl (C=O) groups excluding carboxylic acids is 1. The maximum Gasteiger partial charge on any atom is 0.246 e. The van der Waals surface area contributed by atoms with E-state index in [2.05, 4.69) is 32.1 Å². The first kappa shape index (κ1) is 15.5. The van der Waals surface area contributed by atoms with Crippen LogP contribution < -0.4 is 5.32 Å². The molecular formula is C15H18N6OS. The molecule has 7 nitrogen and oxygen atoms in total. The number of amides is 1. The van der Waals surface area contributed by atoms with Crippen LogP contribution in [0.1, 0.15) is 35.4 Å². The molecule has 1 aliphatic heterocycles. The zero-order chi connectivity index (χ0) is 16.4. The maximum absolute atomic E-state index is 12.0. The SMILES string of the molecule is C=CC(=O)N1CCC[C@H]1c1cc(Nc2nnc(C)s2)nc(C)n1. The van der Waals surface area contributed by atoms with Gasteiger partial charge in [0.2, 0.25) is 11.0 Å².